The van der Waals surface area contributed by atoms with Crippen molar-refractivity contribution in [2.45, 2.75) is 13.5 Å². The highest BCUT2D eigenvalue weighted by atomic mass is 16.1. The molecule has 3 rings (SSSR count). The van der Waals surface area contributed by atoms with Gasteiger partial charge in [0.15, 0.2) is 0 Å². The molecule has 2 heterocycles. The first-order valence-corrected chi connectivity index (χ1v) is 7.87. The van der Waals surface area contributed by atoms with Crippen LogP contribution in [0.5, 0.6) is 0 Å². The molecule has 1 amide bonds. The number of pyridine rings is 1. The van der Waals surface area contributed by atoms with E-state index in [1.54, 1.807) is 12.4 Å². The third-order valence-corrected chi connectivity index (χ3v) is 3.88. The number of rotatable bonds is 5. The van der Waals surface area contributed by atoms with Crippen LogP contribution in [0.2, 0.25) is 0 Å². The van der Waals surface area contributed by atoms with E-state index < -0.39 is 0 Å². The number of aryl methyl sites for hydroxylation is 1. The van der Waals surface area contributed by atoms with Crippen molar-refractivity contribution < 1.29 is 4.79 Å². The molecular formula is C18H21N5O. The predicted molar refractivity (Wildman–Crippen MR) is 95.2 cm³/mol. The molecule has 1 N–H and O–H groups in total. The van der Waals surface area contributed by atoms with Crippen LogP contribution < -0.4 is 5.32 Å². The van der Waals surface area contributed by atoms with Gasteiger partial charge in [-0.15, -0.1) is 0 Å². The number of carbonyl (C=O) groups is 1. The minimum atomic E-state index is -0.163. The molecule has 0 saturated carbocycles. The molecule has 0 fully saturated rings. The molecule has 24 heavy (non-hydrogen) atoms. The summed E-state index contributed by atoms with van der Waals surface area (Å²) < 4.78 is 1.82. The Balaban J connectivity index is 1.82. The molecule has 0 aliphatic heterocycles. The highest BCUT2D eigenvalue weighted by Crippen LogP contribution is 2.21. The van der Waals surface area contributed by atoms with E-state index in [0.717, 1.165) is 23.9 Å². The average molecular weight is 323 g/mol. The summed E-state index contributed by atoms with van der Waals surface area (Å²) in [6.07, 6.45) is 5.30. The number of carbonyl (C=O) groups excluding carboxylic acids is 1. The zero-order valence-electron chi connectivity index (χ0n) is 14.2. The molecular weight excluding hydrogens is 302 g/mol. The Kier molecular flexibility index (Phi) is 4.57. The maximum Gasteiger partial charge on any atom is 0.258 e. The number of aromatic nitrogens is 3. The lowest BCUT2D eigenvalue weighted by Gasteiger charge is -2.09. The summed E-state index contributed by atoms with van der Waals surface area (Å²) in [6, 6.07) is 7.77. The number of fused-ring (bicyclic) bond motifs is 1. The van der Waals surface area contributed by atoms with Gasteiger partial charge in [-0.1, -0.05) is 24.3 Å². The molecule has 3 aromatic rings. The van der Waals surface area contributed by atoms with Crippen LogP contribution in [0.25, 0.3) is 10.8 Å². The molecule has 6 heteroatoms. The van der Waals surface area contributed by atoms with Crippen LogP contribution >= 0.6 is 0 Å². The van der Waals surface area contributed by atoms with Gasteiger partial charge in [0, 0.05) is 24.3 Å². The second kappa shape index (κ2) is 6.80. The van der Waals surface area contributed by atoms with Gasteiger partial charge in [-0.2, -0.15) is 5.10 Å². The summed E-state index contributed by atoms with van der Waals surface area (Å²) in [5.41, 5.74) is 2.01. The highest BCUT2D eigenvalue weighted by Gasteiger charge is 2.15. The Labute approximate surface area is 141 Å². The van der Waals surface area contributed by atoms with Crippen molar-refractivity contribution >= 4 is 22.4 Å². The zero-order valence-corrected chi connectivity index (χ0v) is 14.2. The molecule has 0 radical (unpaired) electrons. The summed E-state index contributed by atoms with van der Waals surface area (Å²) in [5, 5.41) is 9.06. The van der Waals surface area contributed by atoms with Gasteiger partial charge in [-0.3, -0.25) is 14.5 Å². The van der Waals surface area contributed by atoms with Crippen LogP contribution in [0.15, 0.2) is 42.9 Å². The van der Waals surface area contributed by atoms with E-state index in [9.17, 15) is 4.79 Å². The predicted octanol–water partition coefficient (Wildman–Crippen LogP) is 2.55. The second-order valence-corrected chi connectivity index (χ2v) is 6.06. The van der Waals surface area contributed by atoms with E-state index in [0.29, 0.717) is 16.9 Å². The molecule has 0 atom stereocenters. The Morgan fingerprint density at radius 2 is 2.04 bits per heavy atom. The first kappa shape index (κ1) is 16.1. The van der Waals surface area contributed by atoms with Crippen molar-refractivity contribution in [1.29, 1.82) is 0 Å². The summed E-state index contributed by atoms with van der Waals surface area (Å²) in [7, 11) is 4.03. The van der Waals surface area contributed by atoms with Crippen molar-refractivity contribution in [3.05, 3.63) is 54.1 Å². The molecule has 0 saturated heterocycles. The molecule has 2 aromatic heterocycles. The van der Waals surface area contributed by atoms with E-state index in [1.165, 1.54) is 0 Å². The van der Waals surface area contributed by atoms with Crippen molar-refractivity contribution in [3.8, 4) is 0 Å². The SMILES string of the molecule is Cc1ncc2ccccc2c1C(=O)Nc1cnn(CCN(C)C)c1. The van der Waals surface area contributed by atoms with Gasteiger partial charge in [0.25, 0.3) is 5.91 Å². The molecule has 0 aliphatic carbocycles. The molecule has 0 unspecified atom stereocenters. The number of benzene rings is 1. The maximum absolute atomic E-state index is 12.7. The average Bonchev–Trinajstić information content (AvgIpc) is 3.00. The second-order valence-electron chi connectivity index (χ2n) is 6.06. The normalized spacial score (nSPS) is 11.2. The van der Waals surface area contributed by atoms with Gasteiger partial charge in [-0.05, 0) is 26.4 Å². The molecule has 0 aliphatic rings. The fraction of sp³-hybridized carbons (Fsp3) is 0.278. The smallest absolute Gasteiger partial charge is 0.258 e. The minimum absolute atomic E-state index is 0.163. The van der Waals surface area contributed by atoms with Gasteiger partial charge >= 0.3 is 0 Å². The Hall–Kier alpha value is -2.73. The number of hydrogen-bond donors (Lipinski definition) is 1. The van der Waals surface area contributed by atoms with Gasteiger partial charge in [0.1, 0.15) is 0 Å². The quantitative estimate of drug-likeness (QED) is 0.784. The molecule has 124 valence electrons. The lowest BCUT2D eigenvalue weighted by Crippen LogP contribution is -2.18. The standard InChI is InChI=1S/C18H21N5O/c1-13-17(16-7-5-4-6-14(16)10-19-13)18(24)21-15-11-20-23(12-15)9-8-22(2)3/h4-7,10-12H,8-9H2,1-3H3,(H,21,24). The fourth-order valence-electron chi connectivity index (χ4n) is 2.60. The van der Waals surface area contributed by atoms with Crippen LogP contribution in [0, 0.1) is 6.92 Å². The van der Waals surface area contributed by atoms with E-state index >= 15 is 0 Å². The third-order valence-electron chi connectivity index (χ3n) is 3.88. The van der Waals surface area contributed by atoms with E-state index in [2.05, 4.69) is 20.3 Å². The van der Waals surface area contributed by atoms with Crippen molar-refractivity contribution in [3.63, 3.8) is 0 Å². The molecule has 0 spiro atoms. The summed E-state index contributed by atoms with van der Waals surface area (Å²) in [4.78, 5) is 19.2. The Morgan fingerprint density at radius 1 is 1.25 bits per heavy atom. The van der Waals surface area contributed by atoms with Crippen molar-refractivity contribution in [2.24, 2.45) is 0 Å². The Bertz CT molecular complexity index is 869. The molecule has 1 aromatic carbocycles. The molecule has 0 bridgehead atoms. The van der Waals surface area contributed by atoms with E-state index in [1.807, 2.05) is 56.2 Å². The van der Waals surface area contributed by atoms with Crippen molar-refractivity contribution in [1.82, 2.24) is 19.7 Å². The summed E-state index contributed by atoms with van der Waals surface area (Å²) >= 11 is 0. The lowest BCUT2D eigenvalue weighted by molar-refractivity contribution is 0.102. The number of anilines is 1. The summed E-state index contributed by atoms with van der Waals surface area (Å²) in [5.74, 6) is -0.163. The number of amides is 1. The monoisotopic (exact) mass is 323 g/mol. The topological polar surface area (TPSA) is 63.1 Å². The van der Waals surface area contributed by atoms with Crippen LogP contribution in [0.4, 0.5) is 5.69 Å². The number of nitrogens with zero attached hydrogens (tertiary/aromatic N) is 4. The van der Waals surface area contributed by atoms with Gasteiger partial charge in [-0.25, -0.2) is 0 Å². The first-order chi connectivity index (χ1) is 11.5. The molecule has 6 nitrogen and oxygen atoms in total. The summed E-state index contributed by atoms with van der Waals surface area (Å²) in [6.45, 7) is 3.51. The minimum Gasteiger partial charge on any atom is -0.319 e. The highest BCUT2D eigenvalue weighted by molar-refractivity contribution is 6.13. The van der Waals surface area contributed by atoms with Gasteiger partial charge in [0.2, 0.25) is 0 Å². The lowest BCUT2D eigenvalue weighted by atomic mass is 10.0. The van der Waals surface area contributed by atoms with E-state index in [4.69, 9.17) is 0 Å². The third kappa shape index (κ3) is 3.44. The zero-order chi connectivity index (χ0) is 17.1. The van der Waals surface area contributed by atoms with Gasteiger partial charge in [0.05, 0.1) is 29.7 Å². The number of likely N-dealkylation sites (N-methyl/N-ethyl adjacent to an activating group) is 1. The van der Waals surface area contributed by atoms with Crippen molar-refractivity contribution in [2.75, 3.05) is 26.0 Å². The first-order valence-electron chi connectivity index (χ1n) is 7.87. The van der Waals surface area contributed by atoms with Crippen LogP contribution in [0.3, 0.4) is 0 Å². The van der Waals surface area contributed by atoms with E-state index in [-0.39, 0.29) is 5.91 Å². The van der Waals surface area contributed by atoms with Gasteiger partial charge < -0.3 is 10.2 Å². The largest absolute Gasteiger partial charge is 0.319 e. The maximum atomic E-state index is 12.7. The van der Waals surface area contributed by atoms with Crippen LogP contribution in [0.1, 0.15) is 16.1 Å². The van der Waals surface area contributed by atoms with Crippen LogP contribution in [-0.4, -0.2) is 46.2 Å². The van der Waals surface area contributed by atoms with Crippen LogP contribution in [-0.2, 0) is 6.54 Å². The number of nitrogens with one attached hydrogen (secondary N) is 1. The number of hydrogen-bond acceptors (Lipinski definition) is 4. The fourth-order valence-corrected chi connectivity index (χ4v) is 2.60. The Morgan fingerprint density at radius 3 is 2.83 bits per heavy atom.